The summed E-state index contributed by atoms with van der Waals surface area (Å²) in [6.45, 7) is 3.89. The van der Waals surface area contributed by atoms with Gasteiger partial charge in [0.2, 0.25) is 0 Å². The lowest BCUT2D eigenvalue weighted by Crippen LogP contribution is -2.06. The van der Waals surface area contributed by atoms with E-state index in [0.29, 0.717) is 22.8 Å². The Bertz CT molecular complexity index is 339. The Morgan fingerprint density at radius 2 is 2.25 bits per heavy atom. The summed E-state index contributed by atoms with van der Waals surface area (Å²) < 4.78 is 5.23. The van der Waals surface area contributed by atoms with Gasteiger partial charge in [-0.2, -0.15) is 0 Å². The second kappa shape index (κ2) is 3.53. The molecule has 0 aromatic carbocycles. The molecule has 0 unspecified atom stereocenters. The molecule has 0 fully saturated rings. The topological polar surface area (TPSA) is 57.9 Å². The van der Waals surface area contributed by atoms with E-state index in [4.69, 9.17) is 17.0 Å². The Morgan fingerprint density at radius 1 is 1.58 bits per heavy atom. The Labute approximate surface area is 75.0 Å². The van der Waals surface area contributed by atoms with E-state index < -0.39 is 0 Å². The van der Waals surface area contributed by atoms with Crippen LogP contribution < -0.4 is 0 Å². The molecule has 0 radical (unpaired) electrons. The zero-order valence-corrected chi connectivity index (χ0v) is 7.75. The van der Waals surface area contributed by atoms with Crippen molar-refractivity contribution in [1.82, 2.24) is 9.97 Å². The second-order valence-corrected chi connectivity index (χ2v) is 2.71. The van der Waals surface area contributed by atoms with Crippen molar-refractivity contribution in [2.45, 2.75) is 13.8 Å². The van der Waals surface area contributed by atoms with E-state index in [1.807, 2.05) is 0 Å². The van der Waals surface area contributed by atoms with Gasteiger partial charge >= 0.3 is 5.97 Å². The molecular formula is C7H10N2O2S. The monoisotopic (exact) mass is 186 g/mol. The number of rotatable bonds is 2. The highest BCUT2D eigenvalue weighted by molar-refractivity contribution is 7.71. The first-order valence-corrected chi connectivity index (χ1v) is 4.02. The third-order valence-corrected chi connectivity index (χ3v) is 1.60. The summed E-state index contributed by atoms with van der Waals surface area (Å²) >= 11 is 4.80. The number of aromatic amines is 2. The van der Waals surface area contributed by atoms with Crippen LogP contribution in [0.1, 0.15) is 23.1 Å². The van der Waals surface area contributed by atoms with Gasteiger partial charge in [0.1, 0.15) is 5.69 Å². The zero-order chi connectivity index (χ0) is 9.14. The van der Waals surface area contributed by atoms with E-state index in [1.165, 1.54) is 0 Å². The summed E-state index contributed by atoms with van der Waals surface area (Å²) in [6.07, 6.45) is 0. The number of esters is 1. The van der Waals surface area contributed by atoms with Crippen molar-refractivity contribution >= 4 is 18.2 Å². The Balaban J connectivity index is 2.94. The number of hydrogen-bond donors (Lipinski definition) is 2. The molecule has 0 aliphatic heterocycles. The Morgan fingerprint density at radius 3 is 2.67 bits per heavy atom. The second-order valence-electron chi connectivity index (χ2n) is 2.30. The van der Waals surface area contributed by atoms with Crippen LogP contribution in [0.25, 0.3) is 0 Å². The first-order valence-electron chi connectivity index (χ1n) is 3.61. The molecule has 0 amide bonds. The van der Waals surface area contributed by atoms with Crippen LogP contribution in [-0.4, -0.2) is 22.5 Å². The highest BCUT2D eigenvalue weighted by Gasteiger charge is 2.11. The van der Waals surface area contributed by atoms with Gasteiger partial charge < -0.3 is 14.7 Å². The number of aromatic nitrogens is 2. The SMILES string of the molecule is CCOC(=O)c1[nH]c(=S)[nH]c1C. The van der Waals surface area contributed by atoms with Crippen molar-refractivity contribution in [2.24, 2.45) is 0 Å². The predicted molar refractivity (Wildman–Crippen MR) is 46.7 cm³/mol. The summed E-state index contributed by atoms with van der Waals surface area (Å²) in [5.74, 6) is -0.373. The molecule has 0 aliphatic rings. The van der Waals surface area contributed by atoms with E-state index in [0.717, 1.165) is 0 Å². The van der Waals surface area contributed by atoms with Crippen molar-refractivity contribution in [3.63, 3.8) is 0 Å². The Kier molecular flexibility index (Phi) is 2.65. The molecule has 0 aliphatic carbocycles. The molecule has 0 bridgehead atoms. The molecule has 1 aromatic heterocycles. The van der Waals surface area contributed by atoms with E-state index >= 15 is 0 Å². The minimum atomic E-state index is -0.373. The summed E-state index contributed by atoms with van der Waals surface area (Å²) in [5.41, 5.74) is 1.11. The van der Waals surface area contributed by atoms with Crippen LogP contribution >= 0.6 is 12.2 Å². The standard InChI is InChI=1S/C7H10N2O2S/c1-3-11-6(10)5-4(2)8-7(12)9-5/h3H2,1-2H3,(H2,8,9,12). The van der Waals surface area contributed by atoms with Crippen LogP contribution in [0.5, 0.6) is 0 Å². The van der Waals surface area contributed by atoms with Crippen molar-refractivity contribution in [1.29, 1.82) is 0 Å². The van der Waals surface area contributed by atoms with Gasteiger partial charge in [-0.05, 0) is 26.1 Å². The molecule has 0 saturated heterocycles. The highest BCUT2D eigenvalue weighted by Crippen LogP contribution is 2.03. The third kappa shape index (κ3) is 1.73. The average Bonchev–Trinajstić information content (AvgIpc) is 2.30. The maximum Gasteiger partial charge on any atom is 0.356 e. The molecule has 2 N–H and O–H groups in total. The first-order chi connectivity index (χ1) is 5.65. The van der Waals surface area contributed by atoms with E-state index in [2.05, 4.69) is 9.97 Å². The summed E-state index contributed by atoms with van der Waals surface area (Å²) in [6, 6.07) is 0. The average molecular weight is 186 g/mol. The van der Waals surface area contributed by atoms with Crippen LogP contribution in [0.4, 0.5) is 0 Å². The molecule has 4 nitrogen and oxygen atoms in total. The maximum absolute atomic E-state index is 11.2. The van der Waals surface area contributed by atoms with E-state index in [9.17, 15) is 4.79 Å². The smallest absolute Gasteiger partial charge is 0.356 e. The van der Waals surface area contributed by atoms with Crippen LogP contribution in [0.3, 0.4) is 0 Å². The number of hydrogen-bond acceptors (Lipinski definition) is 3. The number of imidazole rings is 1. The predicted octanol–water partition coefficient (Wildman–Crippen LogP) is 1.56. The van der Waals surface area contributed by atoms with Gasteiger partial charge in [-0.15, -0.1) is 0 Å². The van der Waals surface area contributed by atoms with Gasteiger partial charge in [0.25, 0.3) is 0 Å². The summed E-state index contributed by atoms with van der Waals surface area (Å²) in [4.78, 5) is 16.7. The number of aryl methyl sites for hydroxylation is 1. The fourth-order valence-corrected chi connectivity index (χ4v) is 1.13. The molecule has 1 rings (SSSR count). The molecule has 12 heavy (non-hydrogen) atoms. The first kappa shape index (κ1) is 8.99. The zero-order valence-electron chi connectivity index (χ0n) is 6.93. The molecule has 66 valence electrons. The van der Waals surface area contributed by atoms with E-state index in [1.54, 1.807) is 13.8 Å². The normalized spacial score (nSPS) is 9.83. The summed E-state index contributed by atoms with van der Waals surface area (Å²) in [5, 5.41) is 0. The molecule has 5 heteroatoms. The van der Waals surface area contributed by atoms with Crippen LogP contribution in [0.15, 0.2) is 0 Å². The van der Waals surface area contributed by atoms with Gasteiger partial charge in [0.15, 0.2) is 4.77 Å². The molecule has 0 atom stereocenters. The van der Waals surface area contributed by atoms with E-state index in [-0.39, 0.29) is 5.97 Å². The van der Waals surface area contributed by atoms with Crippen LogP contribution in [0, 0.1) is 11.7 Å². The van der Waals surface area contributed by atoms with Gasteiger partial charge in [-0.1, -0.05) is 0 Å². The number of carbonyl (C=O) groups excluding carboxylic acids is 1. The van der Waals surface area contributed by atoms with Crippen LogP contribution in [-0.2, 0) is 4.74 Å². The van der Waals surface area contributed by atoms with Crippen LogP contribution in [0.2, 0.25) is 0 Å². The lowest BCUT2D eigenvalue weighted by molar-refractivity contribution is 0.0519. The van der Waals surface area contributed by atoms with Crippen molar-refractivity contribution < 1.29 is 9.53 Å². The number of ether oxygens (including phenoxy) is 1. The molecule has 1 aromatic rings. The number of nitrogens with one attached hydrogen (secondary N) is 2. The van der Waals surface area contributed by atoms with Gasteiger partial charge in [0.05, 0.1) is 6.61 Å². The quantitative estimate of drug-likeness (QED) is 0.544. The minimum Gasteiger partial charge on any atom is -0.461 e. The molecular weight excluding hydrogens is 176 g/mol. The van der Waals surface area contributed by atoms with Gasteiger partial charge in [-0.3, -0.25) is 0 Å². The fourth-order valence-electron chi connectivity index (χ4n) is 0.879. The third-order valence-electron chi connectivity index (χ3n) is 1.39. The highest BCUT2D eigenvalue weighted by atomic mass is 32.1. The van der Waals surface area contributed by atoms with Crippen molar-refractivity contribution in [3.05, 3.63) is 16.2 Å². The lowest BCUT2D eigenvalue weighted by Gasteiger charge is -1.98. The lowest BCUT2D eigenvalue weighted by atomic mass is 10.3. The maximum atomic E-state index is 11.2. The molecule has 1 heterocycles. The minimum absolute atomic E-state index is 0.365. The largest absolute Gasteiger partial charge is 0.461 e. The fraction of sp³-hybridized carbons (Fsp3) is 0.429. The van der Waals surface area contributed by atoms with Crippen molar-refractivity contribution in [3.8, 4) is 0 Å². The molecule has 0 spiro atoms. The number of H-pyrrole nitrogens is 2. The van der Waals surface area contributed by atoms with Gasteiger partial charge in [-0.25, -0.2) is 4.79 Å². The summed E-state index contributed by atoms with van der Waals surface area (Å²) in [7, 11) is 0. The number of carbonyl (C=O) groups is 1. The van der Waals surface area contributed by atoms with Crippen molar-refractivity contribution in [2.75, 3.05) is 6.61 Å². The molecule has 0 saturated carbocycles. The van der Waals surface area contributed by atoms with Gasteiger partial charge in [0, 0.05) is 5.69 Å². The Hall–Kier alpha value is -1.10.